The lowest BCUT2D eigenvalue weighted by molar-refractivity contribution is 0.413. The molecule has 3 rings (SSSR count). The van der Waals surface area contributed by atoms with Crippen LogP contribution >= 0.6 is 0 Å². The second kappa shape index (κ2) is 3.67. The first kappa shape index (κ1) is 11.0. The van der Waals surface area contributed by atoms with Crippen LogP contribution in [0.4, 0.5) is 11.5 Å². The first-order chi connectivity index (χ1) is 8.63. The van der Waals surface area contributed by atoms with Crippen molar-refractivity contribution in [2.24, 2.45) is 0 Å². The summed E-state index contributed by atoms with van der Waals surface area (Å²) in [6.45, 7) is 0. The van der Waals surface area contributed by atoms with Gasteiger partial charge in [-0.15, -0.1) is 0 Å². The molecule has 0 saturated carbocycles. The Hall–Kier alpha value is -2.15. The maximum Gasteiger partial charge on any atom is 0.229 e. The molecule has 18 heavy (non-hydrogen) atoms. The van der Waals surface area contributed by atoms with E-state index in [1.807, 2.05) is 0 Å². The number of fused-ring (bicyclic) bond motifs is 2. The lowest BCUT2D eigenvalue weighted by Crippen LogP contribution is -2.16. The molecule has 92 valence electrons. The number of nitrogens with zero attached hydrogens (tertiary/aromatic N) is 2. The molecule has 1 aromatic carbocycles. The average Bonchev–Trinajstić information content (AvgIpc) is 2.39. The molecule has 0 unspecified atom stereocenters. The van der Waals surface area contributed by atoms with Crippen molar-refractivity contribution in [3.8, 4) is 5.75 Å². The van der Waals surface area contributed by atoms with Crippen molar-refractivity contribution in [1.29, 1.82) is 0 Å². The lowest BCUT2D eigenvalue weighted by atomic mass is 10.3. The third kappa shape index (κ3) is 1.44. The standard InChI is InChI=1S/C11H9N3O3S/c1-17-7-2-3-8-9(6-7)18(15,16)11-10(14-8)12-4-5-13-11/h2-6H,1H3,(H,12,14). The van der Waals surface area contributed by atoms with Crippen LogP contribution in [-0.2, 0) is 9.84 Å². The van der Waals surface area contributed by atoms with Crippen molar-refractivity contribution in [2.75, 3.05) is 12.4 Å². The van der Waals surface area contributed by atoms with E-state index in [-0.39, 0.29) is 15.7 Å². The van der Waals surface area contributed by atoms with Gasteiger partial charge in [0.1, 0.15) is 10.6 Å². The number of aromatic nitrogens is 2. The average molecular weight is 263 g/mol. The van der Waals surface area contributed by atoms with Crippen molar-refractivity contribution in [1.82, 2.24) is 9.97 Å². The zero-order valence-electron chi connectivity index (χ0n) is 9.41. The van der Waals surface area contributed by atoms with Crippen LogP contribution in [0, 0.1) is 0 Å². The second-order valence-electron chi connectivity index (χ2n) is 3.70. The SMILES string of the molecule is COc1ccc2c(c1)S(=O)(=O)c1nccnc1N2. The van der Waals surface area contributed by atoms with E-state index in [0.717, 1.165) is 0 Å². The smallest absolute Gasteiger partial charge is 0.229 e. The van der Waals surface area contributed by atoms with Crippen molar-refractivity contribution in [2.45, 2.75) is 9.92 Å². The van der Waals surface area contributed by atoms with E-state index in [9.17, 15) is 8.42 Å². The van der Waals surface area contributed by atoms with Gasteiger partial charge < -0.3 is 10.1 Å². The van der Waals surface area contributed by atoms with Crippen LogP contribution in [0.25, 0.3) is 0 Å². The van der Waals surface area contributed by atoms with Gasteiger partial charge in [-0.05, 0) is 12.1 Å². The molecule has 0 saturated heterocycles. The van der Waals surface area contributed by atoms with Gasteiger partial charge in [0.05, 0.1) is 12.8 Å². The van der Waals surface area contributed by atoms with Crippen LogP contribution in [0.3, 0.4) is 0 Å². The molecule has 0 aliphatic carbocycles. The molecular formula is C11H9N3O3S. The van der Waals surface area contributed by atoms with Gasteiger partial charge in [0.25, 0.3) is 0 Å². The summed E-state index contributed by atoms with van der Waals surface area (Å²) >= 11 is 0. The van der Waals surface area contributed by atoms with E-state index >= 15 is 0 Å². The van der Waals surface area contributed by atoms with Gasteiger partial charge in [0, 0.05) is 18.5 Å². The number of ether oxygens (including phenoxy) is 1. The molecule has 1 N–H and O–H groups in total. The van der Waals surface area contributed by atoms with Gasteiger partial charge in [-0.1, -0.05) is 0 Å². The largest absolute Gasteiger partial charge is 0.497 e. The molecule has 2 aromatic rings. The molecule has 0 atom stereocenters. The number of sulfone groups is 1. The monoisotopic (exact) mass is 263 g/mol. The van der Waals surface area contributed by atoms with Crippen molar-refractivity contribution < 1.29 is 13.2 Å². The van der Waals surface area contributed by atoms with E-state index in [4.69, 9.17) is 4.74 Å². The van der Waals surface area contributed by atoms with Crippen LogP contribution in [0.5, 0.6) is 5.75 Å². The van der Waals surface area contributed by atoms with Crippen LogP contribution in [0.2, 0.25) is 0 Å². The topological polar surface area (TPSA) is 81.2 Å². The zero-order chi connectivity index (χ0) is 12.8. The van der Waals surface area contributed by atoms with Crippen molar-refractivity contribution >= 4 is 21.3 Å². The predicted octanol–water partition coefficient (Wildman–Crippen LogP) is 1.37. The maximum atomic E-state index is 12.4. The molecule has 0 spiro atoms. The van der Waals surface area contributed by atoms with Gasteiger partial charge in [0.2, 0.25) is 14.9 Å². The number of hydrogen-bond donors (Lipinski definition) is 1. The minimum Gasteiger partial charge on any atom is -0.497 e. The summed E-state index contributed by atoms with van der Waals surface area (Å²) in [5.74, 6) is 0.724. The fourth-order valence-electron chi connectivity index (χ4n) is 1.79. The summed E-state index contributed by atoms with van der Waals surface area (Å²) in [4.78, 5) is 7.99. The third-order valence-electron chi connectivity index (χ3n) is 2.65. The van der Waals surface area contributed by atoms with Crippen LogP contribution in [0.1, 0.15) is 0 Å². The Morgan fingerprint density at radius 3 is 2.78 bits per heavy atom. The number of rotatable bonds is 1. The first-order valence-corrected chi connectivity index (χ1v) is 6.62. The molecule has 0 fully saturated rings. The second-order valence-corrected chi connectivity index (χ2v) is 5.53. The highest BCUT2D eigenvalue weighted by molar-refractivity contribution is 7.91. The molecular weight excluding hydrogens is 254 g/mol. The minimum absolute atomic E-state index is 0.0641. The van der Waals surface area contributed by atoms with Gasteiger partial charge in [-0.2, -0.15) is 0 Å². The lowest BCUT2D eigenvalue weighted by Gasteiger charge is -2.19. The number of anilines is 2. The van der Waals surface area contributed by atoms with E-state index in [1.165, 1.54) is 25.6 Å². The minimum atomic E-state index is -3.65. The molecule has 0 amide bonds. The molecule has 1 aliphatic heterocycles. The summed E-state index contributed by atoms with van der Waals surface area (Å²) in [6, 6.07) is 4.79. The molecule has 2 heterocycles. The Bertz CT molecular complexity index is 728. The Kier molecular flexibility index (Phi) is 2.24. The summed E-state index contributed by atoms with van der Waals surface area (Å²) in [6.07, 6.45) is 2.79. The molecule has 1 aromatic heterocycles. The van der Waals surface area contributed by atoms with E-state index in [1.54, 1.807) is 12.1 Å². The summed E-state index contributed by atoms with van der Waals surface area (Å²) < 4.78 is 29.8. The molecule has 7 heteroatoms. The zero-order valence-corrected chi connectivity index (χ0v) is 10.2. The highest BCUT2D eigenvalue weighted by Gasteiger charge is 2.32. The molecule has 0 radical (unpaired) electrons. The normalized spacial score (nSPS) is 15.2. The Balaban J connectivity index is 2.29. The van der Waals surface area contributed by atoms with Gasteiger partial charge >= 0.3 is 0 Å². The van der Waals surface area contributed by atoms with Gasteiger partial charge in [-0.3, -0.25) is 0 Å². The summed E-state index contributed by atoms with van der Waals surface area (Å²) in [5, 5.41) is 2.87. The summed E-state index contributed by atoms with van der Waals surface area (Å²) in [5.41, 5.74) is 0.476. The highest BCUT2D eigenvalue weighted by atomic mass is 32.2. The number of benzene rings is 1. The predicted molar refractivity (Wildman–Crippen MR) is 63.8 cm³/mol. The van der Waals surface area contributed by atoms with E-state index < -0.39 is 9.84 Å². The van der Waals surface area contributed by atoms with E-state index in [2.05, 4.69) is 15.3 Å². The molecule has 0 bridgehead atoms. The number of methoxy groups -OCH3 is 1. The maximum absolute atomic E-state index is 12.4. The van der Waals surface area contributed by atoms with Crippen LogP contribution in [0.15, 0.2) is 40.5 Å². The van der Waals surface area contributed by atoms with Crippen molar-refractivity contribution in [3.05, 3.63) is 30.6 Å². The molecule has 6 nitrogen and oxygen atoms in total. The fourth-order valence-corrected chi connectivity index (χ4v) is 3.24. The Labute approximate surface area is 104 Å². The van der Waals surface area contributed by atoms with Crippen LogP contribution in [-0.4, -0.2) is 25.5 Å². The van der Waals surface area contributed by atoms with Gasteiger partial charge in [0.15, 0.2) is 5.82 Å². The number of hydrogen-bond acceptors (Lipinski definition) is 6. The Morgan fingerprint density at radius 2 is 2.00 bits per heavy atom. The third-order valence-corrected chi connectivity index (χ3v) is 4.38. The van der Waals surface area contributed by atoms with Crippen LogP contribution < -0.4 is 10.1 Å². The number of nitrogens with one attached hydrogen (secondary N) is 1. The Morgan fingerprint density at radius 1 is 1.22 bits per heavy atom. The van der Waals surface area contributed by atoms with E-state index in [0.29, 0.717) is 11.4 Å². The fraction of sp³-hybridized carbons (Fsp3) is 0.0909. The van der Waals surface area contributed by atoms with Gasteiger partial charge in [-0.25, -0.2) is 18.4 Å². The molecule has 1 aliphatic rings. The first-order valence-electron chi connectivity index (χ1n) is 5.14. The quantitative estimate of drug-likeness (QED) is 0.714. The van der Waals surface area contributed by atoms with Crippen molar-refractivity contribution in [3.63, 3.8) is 0 Å². The highest BCUT2D eigenvalue weighted by Crippen LogP contribution is 2.38. The summed E-state index contributed by atoms with van der Waals surface area (Å²) in [7, 11) is -2.17.